The molecule has 10 atom stereocenters. The zero-order valence-corrected chi connectivity index (χ0v) is 35.0. The molecule has 0 unspecified atom stereocenters. The van der Waals surface area contributed by atoms with E-state index < -0.39 is 114 Å². The number of hydrogen-bond donors (Lipinski definition) is 11. The zero-order valence-electron chi connectivity index (χ0n) is 35.0. The molecule has 4 rings (SSSR count). The Hall–Kier alpha value is -5.42. The van der Waals surface area contributed by atoms with Gasteiger partial charge in [-0.2, -0.15) is 0 Å². The second-order valence-corrected chi connectivity index (χ2v) is 16.2. The van der Waals surface area contributed by atoms with Gasteiger partial charge in [-0.05, 0) is 83.0 Å². The quantitative estimate of drug-likeness (QED) is 0.0553. The average Bonchev–Trinajstić information content (AvgIpc) is 4.01. The molecule has 7 amide bonds. The van der Waals surface area contributed by atoms with Crippen LogP contribution in [0.3, 0.4) is 0 Å². The number of hydrogen-bond acceptors (Lipinski definition) is 14. The number of carbonyl (C=O) groups is 8. The van der Waals surface area contributed by atoms with E-state index in [9.17, 15) is 63.9 Å². The molecular formula is C40H61N9O13. The lowest BCUT2D eigenvalue weighted by Crippen LogP contribution is -2.60. The van der Waals surface area contributed by atoms with Gasteiger partial charge in [-0.15, -0.1) is 0 Å². The highest BCUT2D eigenvalue weighted by Crippen LogP contribution is 2.27. The molecular weight excluding hydrogens is 814 g/mol. The number of unbranched alkanes of at least 4 members (excludes halogenated alkanes) is 1. The van der Waals surface area contributed by atoms with E-state index in [1.807, 2.05) is 0 Å². The maximum Gasteiger partial charge on any atom is 0.328 e. The number of aromatic hydroxyl groups is 1. The molecule has 0 aliphatic carbocycles. The average molecular weight is 876 g/mol. The van der Waals surface area contributed by atoms with Crippen LogP contribution < -0.4 is 32.7 Å². The minimum absolute atomic E-state index is 0.0527. The summed E-state index contributed by atoms with van der Waals surface area (Å²) in [4.78, 5) is 111. The molecule has 13 N–H and O–H groups in total. The first-order valence-electron chi connectivity index (χ1n) is 20.9. The molecule has 0 spiro atoms. The highest BCUT2D eigenvalue weighted by atomic mass is 16.4. The number of rotatable bonds is 20. The Balaban J connectivity index is 1.52. The summed E-state index contributed by atoms with van der Waals surface area (Å²) in [6.07, 6.45) is -0.548. The van der Waals surface area contributed by atoms with Crippen molar-refractivity contribution in [3.8, 4) is 5.75 Å². The molecule has 3 aliphatic heterocycles. The fraction of sp³-hybridized carbons (Fsp3) is 0.650. The maximum absolute atomic E-state index is 14.4. The number of benzene rings is 1. The number of carbonyl (C=O) groups excluding carboxylic acids is 7. The van der Waals surface area contributed by atoms with Crippen LogP contribution in [-0.2, 0) is 44.8 Å². The molecule has 3 aliphatic rings. The summed E-state index contributed by atoms with van der Waals surface area (Å²) in [6.45, 7) is 2.03. The highest BCUT2D eigenvalue weighted by molar-refractivity contribution is 5.98. The lowest BCUT2D eigenvalue weighted by atomic mass is 10.0. The molecule has 0 aromatic heterocycles. The van der Waals surface area contributed by atoms with Crippen molar-refractivity contribution < 1.29 is 63.9 Å². The Morgan fingerprint density at radius 3 is 1.94 bits per heavy atom. The number of nitrogens with one attached hydrogen (secondary N) is 4. The minimum atomic E-state index is -1.69. The van der Waals surface area contributed by atoms with Crippen LogP contribution in [0, 0.1) is 0 Å². The van der Waals surface area contributed by atoms with Crippen molar-refractivity contribution in [2.75, 3.05) is 32.8 Å². The van der Waals surface area contributed by atoms with Gasteiger partial charge >= 0.3 is 5.97 Å². The smallest absolute Gasteiger partial charge is 0.328 e. The summed E-state index contributed by atoms with van der Waals surface area (Å²) >= 11 is 0. The van der Waals surface area contributed by atoms with Crippen LogP contribution in [0.1, 0.15) is 70.8 Å². The molecule has 3 fully saturated rings. The molecule has 62 heavy (non-hydrogen) atoms. The largest absolute Gasteiger partial charge is 0.508 e. The lowest BCUT2D eigenvalue weighted by molar-refractivity contribution is -0.149. The number of phenolic OH excluding ortho intramolecular Hbond substituents is 1. The van der Waals surface area contributed by atoms with Crippen molar-refractivity contribution in [3.05, 3.63) is 29.8 Å². The monoisotopic (exact) mass is 875 g/mol. The predicted octanol–water partition coefficient (Wildman–Crippen LogP) is -4.25. The summed E-state index contributed by atoms with van der Waals surface area (Å²) < 4.78 is 0. The summed E-state index contributed by atoms with van der Waals surface area (Å²) in [7, 11) is 0. The molecule has 0 radical (unpaired) electrons. The van der Waals surface area contributed by atoms with Gasteiger partial charge < -0.3 is 73.0 Å². The SMILES string of the molecule is C[C@H](N)C(=O)N[C@@H](CCCCN)C(=O)N1CCC[C@H]1C(=O)N[C@@H](CO)C(=O)N[C@@H](Cc1ccc(O)cc1)C(=O)N1CCC[C@H]1C(=O)N1C[C@H](O)C[C@H]1C(=O)N[C@H](C(=O)O)[C@@H](C)O. The third-order valence-electron chi connectivity index (χ3n) is 11.4. The molecule has 3 saturated heterocycles. The number of nitrogens with two attached hydrogens (primary N) is 2. The molecule has 344 valence electrons. The topological polar surface area (TPSA) is 348 Å². The van der Waals surface area contributed by atoms with E-state index in [0.29, 0.717) is 37.8 Å². The van der Waals surface area contributed by atoms with Gasteiger partial charge in [-0.1, -0.05) is 12.1 Å². The van der Waals surface area contributed by atoms with Crippen molar-refractivity contribution >= 4 is 47.3 Å². The highest BCUT2D eigenvalue weighted by Gasteiger charge is 2.47. The normalized spacial score (nSPS) is 22.8. The lowest BCUT2D eigenvalue weighted by Gasteiger charge is -2.33. The first kappa shape index (κ1) is 49.2. The summed E-state index contributed by atoms with van der Waals surface area (Å²) in [5.41, 5.74) is 11.8. The molecule has 1 aromatic carbocycles. The molecule has 22 nitrogen and oxygen atoms in total. The predicted molar refractivity (Wildman–Crippen MR) is 218 cm³/mol. The minimum Gasteiger partial charge on any atom is -0.508 e. The van der Waals surface area contributed by atoms with Crippen LogP contribution in [0.5, 0.6) is 5.75 Å². The van der Waals surface area contributed by atoms with Crippen LogP contribution in [-0.4, -0.2) is 181 Å². The number of aliphatic hydroxyl groups excluding tert-OH is 3. The van der Waals surface area contributed by atoms with E-state index in [0.717, 1.165) is 4.90 Å². The summed E-state index contributed by atoms with van der Waals surface area (Å²) in [5.74, 6) is -6.74. The van der Waals surface area contributed by atoms with E-state index in [1.54, 1.807) is 0 Å². The number of likely N-dealkylation sites (tertiary alicyclic amines) is 3. The number of β-amino-alcohol motifs (C(OH)–C–C–N with tert-alkyl or cyclic N) is 1. The van der Waals surface area contributed by atoms with Gasteiger partial charge in [0.2, 0.25) is 41.4 Å². The molecule has 0 bridgehead atoms. The molecule has 22 heteroatoms. The number of phenols is 1. The Morgan fingerprint density at radius 1 is 0.774 bits per heavy atom. The second kappa shape index (κ2) is 22.6. The summed E-state index contributed by atoms with van der Waals surface area (Å²) in [5, 5.41) is 60.0. The van der Waals surface area contributed by atoms with Gasteiger partial charge in [-0.3, -0.25) is 33.6 Å². The maximum atomic E-state index is 14.4. The number of aliphatic hydroxyl groups is 3. The van der Waals surface area contributed by atoms with Crippen molar-refractivity contribution in [3.63, 3.8) is 0 Å². The van der Waals surface area contributed by atoms with Gasteiger partial charge in [-0.25, -0.2) is 4.79 Å². The number of carboxylic acids is 1. The van der Waals surface area contributed by atoms with E-state index >= 15 is 0 Å². The Labute approximate surface area is 358 Å². The van der Waals surface area contributed by atoms with Crippen LogP contribution in [0.25, 0.3) is 0 Å². The number of nitrogens with zero attached hydrogens (tertiary/aromatic N) is 3. The van der Waals surface area contributed by atoms with Crippen LogP contribution >= 0.6 is 0 Å². The first-order chi connectivity index (χ1) is 29.4. The van der Waals surface area contributed by atoms with Gasteiger partial charge in [0.05, 0.1) is 24.9 Å². The van der Waals surface area contributed by atoms with Crippen LogP contribution in [0.15, 0.2) is 24.3 Å². The second-order valence-electron chi connectivity index (χ2n) is 16.2. The van der Waals surface area contributed by atoms with Gasteiger partial charge in [0, 0.05) is 32.5 Å². The van der Waals surface area contributed by atoms with Crippen LogP contribution in [0.4, 0.5) is 0 Å². The molecule has 1 aromatic rings. The number of amides is 7. The third-order valence-corrected chi connectivity index (χ3v) is 11.4. The fourth-order valence-corrected chi connectivity index (χ4v) is 7.98. The molecule has 0 saturated carbocycles. The van der Waals surface area contributed by atoms with Crippen molar-refractivity contribution in [1.82, 2.24) is 36.0 Å². The van der Waals surface area contributed by atoms with Crippen molar-refractivity contribution in [2.45, 2.75) is 132 Å². The number of aliphatic carboxylic acids is 1. The van der Waals surface area contributed by atoms with E-state index in [1.165, 1.54) is 47.9 Å². The standard InChI is InChI=1S/C40H61N9O13/c1-21(42)33(54)43-26(7-3-4-14-41)37(58)47-15-5-8-29(47)35(56)45-28(20-50)34(55)44-27(17-23-10-12-24(52)13-11-23)38(59)48-16-6-9-30(48)39(60)49-19-25(53)18-31(49)36(57)46-32(22(2)51)40(61)62/h10-13,21-22,25-32,50-53H,3-9,14-20,41-42H2,1-2H3,(H,43,54)(H,44,55)(H,45,56)(H,46,57)(H,61,62)/t21-,22+,25+,26-,27-,28-,29-,30-,31-,32-/m0/s1. The third kappa shape index (κ3) is 12.6. The van der Waals surface area contributed by atoms with E-state index in [-0.39, 0.29) is 57.5 Å². The van der Waals surface area contributed by atoms with Gasteiger partial charge in [0.25, 0.3) is 0 Å². The fourth-order valence-electron chi connectivity index (χ4n) is 7.98. The summed E-state index contributed by atoms with van der Waals surface area (Å²) in [6, 6.07) is -4.37. The number of carboxylic acid groups (broad SMARTS) is 1. The molecule has 3 heterocycles. The van der Waals surface area contributed by atoms with E-state index in [4.69, 9.17) is 11.5 Å². The van der Waals surface area contributed by atoms with Gasteiger partial charge in [0.1, 0.15) is 42.0 Å². The zero-order chi connectivity index (χ0) is 45.8. The van der Waals surface area contributed by atoms with Crippen molar-refractivity contribution in [2.24, 2.45) is 11.5 Å². The Kier molecular flexibility index (Phi) is 18.0. The Bertz CT molecular complexity index is 1780. The van der Waals surface area contributed by atoms with Crippen LogP contribution in [0.2, 0.25) is 0 Å². The Morgan fingerprint density at radius 2 is 1.35 bits per heavy atom. The van der Waals surface area contributed by atoms with Crippen molar-refractivity contribution in [1.29, 1.82) is 0 Å². The first-order valence-corrected chi connectivity index (χ1v) is 20.9. The van der Waals surface area contributed by atoms with E-state index in [2.05, 4.69) is 21.3 Å². The van der Waals surface area contributed by atoms with Gasteiger partial charge in [0.15, 0.2) is 6.04 Å².